The molecule has 1 atom stereocenters. The van der Waals surface area contributed by atoms with Gasteiger partial charge in [-0.15, -0.1) is 0 Å². The van der Waals surface area contributed by atoms with Crippen molar-refractivity contribution in [2.24, 2.45) is 5.92 Å². The zero-order valence-corrected chi connectivity index (χ0v) is 18.1. The van der Waals surface area contributed by atoms with E-state index in [0.29, 0.717) is 37.7 Å². The van der Waals surface area contributed by atoms with Gasteiger partial charge in [-0.05, 0) is 44.4 Å². The third-order valence-corrected chi connectivity index (χ3v) is 5.78. The molecule has 1 saturated heterocycles. The van der Waals surface area contributed by atoms with Gasteiger partial charge in [-0.2, -0.15) is 0 Å². The fraction of sp³-hybridized carbons (Fsp3) is 0.682. The number of aromatic nitrogens is 1. The lowest BCUT2D eigenvalue weighted by Crippen LogP contribution is -2.51. The molecule has 0 aromatic carbocycles. The predicted octanol–water partition coefficient (Wildman–Crippen LogP) is 1.56. The molecule has 0 spiro atoms. The van der Waals surface area contributed by atoms with Gasteiger partial charge in [0.25, 0.3) is 5.91 Å². The zero-order chi connectivity index (χ0) is 21.3. The molecular weight excluding hydrogens is 384 g/mol. The van der Waals surface area contributed by atoms with Crippen LogP contribution in [0.2, 0.25) is 0 Å². The molecule has 4 rings (SSSR count). The maximum Gasteiger partial charge on any atom is 0.257 e. The van der Waals surface area contributed by atoms with Gasteiger partial charge in [0.15, 0.2) is 0 Å². The quantitative estimate of drug-likeness (QED) is 0.734. The zero-order valence-electron chi connectivity index (χ0n) is 18.1. The van der Waals surface area contributed by atoms with E-state index in [1.165, 1.54) is 0 Å². The van der Waals surface area contributed by atoms with Gasteiger partial charge in [0.1, 0.15) is 18.2 Å². The molecule has 0 aliphatic carbocycles. The summed E-state index contributed by atoms with van der Waals surface area (Å²) in [5.41, 5.74) is 0.339. The third kappa shape index (κ3) is 6.15. The number of hydrogen-bond donors (Lipinski definition) is 1. The first-order valence-electron chi connectivity index (χ1n) is 11.0. The molecule has 4 heterocycles. The van der Waals surface area contributed by atoms with Crippen molar-refractivity contribution in [1.29, 1.82) is 0 Å². The number of pyridine rings is 1. The number of rotatable bonds is 2. The summed E-state index contributed by atoms with van der Waals surface area (Å²) in [5.74, 6) is 0.528. The minimum atomic E-state index is -0.531. The van der Waals surface area contributed by atoms with Crippen LogP contribution in [0.1, 0.15) is 43.0 Å². The van der Waals surface area contributed by atoms with Gasteiger partial charge in [0.2, 0.25) is 11.8 Å². The summed E-state index contributed by atoms with van der Waals surface area (Å²) in [6.45, 7) is 6.74. The Hall–Kier alpha value is -2.19. The maximum atomic E-state index is 13.1. The fourth-order valence-corrected chi connectivity index (χ4v) is 4.07. The van der Waals surface area contributed by atoms with Crippen LogP contribution >= 0.6 is 0 Å². The van der Waals surface area contributed by atoms with E-state index in [2.05, 4.69) is 22.2 Å². The van der Waals surface area contributed by atoms with Crippen LogP contribution in [0.25, 0.3) is 0 Å². The second kappa shape index (κ2) is 11.3. The summed E-state index contributed by atoms with van der Waals surface area (Å²) < 4.78 is 11.4. The number of piperidine rings is 1. The van der Waals surface area contributed by atoms with E-state index in [4.69, 9.17) is 9.47 Å². The highest BCUT2D eigenvalue weighted by Crippen LogP contribution is 2.20. The van der Waals surface area contributed by atoms with Crippen molar-refractivity contribution in [3.63, 3.8) is 0 Å². The summed E-state index contributed by atoms with van der Waals surface area (Å²) in [5, 5.41) is 2.93. The molecule has 1 N–H and O–H groups in total. The lowest BCUT2D eigenvalue weighted by Gasteiger charge is -2.36. The van der Waals surface area contributed by atoms with Gasteiger partial charge in [0.05, 0.1) is 13.2 Å². The van der Waals surface area contributed by atoms with Crippen LogP contribution in [0, 0.1) is 5.92 Å². The number of carbonyl (C=O) groups excluding carboxylic acids is 2. The van der Waals surface area contributed by atoms with Crippen LogP contribution in [-0.2, 0) is 9.53 Å². The number of ether oxygens (including phenoxy) is 2. The van der Waals surface area contributed by atoms with Crippen molar-refractivity contribution in [1.82, 2.24) is 20.1 Å². The number of nitrogens with one attached hydrogen (secondary N) is 1. The van der Waals surface area contributed by atoms with E-state index in [0.717, 1.165) is 45.4 Å². The summed E-state index contributed by atoms with van der Waals surface area (Å²) in [6, 6.07) is 2.84. The molecule has 3 aliphatic heterocycles. The smallest absolute Gasteiger partial charge is 0.257 e. The first-order valence-corrected chi connectivity index (χ1v) is 11.0. The molecule has 1 aromatic heterocycles. The van der Waals surface area contributed by atoms with E-state index < -0.39 is 6.04 Å². The number of carbonyl (C=O) groups is 2. The van der Waals surface area contributed by atoms with Crippen LogP contribution < -0.4 is 10.1 Å². The number of nitrogens with zero attached hydrogens (tertiary/aromatic N) is 3. The Kier molecular flexibility index (Phi) is 8.45. The highest BCUT2D eigenvalue weighted by Gasteiger charge is 2.30. The largest absolute Gasteiger partial charge is 0.475 e. The van der Waals surface area contributed by atoms with Crippen molar-refractivity contribution >= 4 is 11.8 Å². The highest BCUT2D eigenvalue weighted by molar-refractivity contribution is 5.99. The third-order valence-electron chi connectivity index (χ3n) is 5.78. The van der Waals surface area contributed by atoms with Crippen LogP contribution in [-0.4, -0.2) is 85.7 Å². The van der Waals surface area contributed by atoms with Crippen molar-refractivity contribution in [3.05, 3.63) is 23.9 Å². The molecule has 8 heteroatoms. The van der Waals surface area contributed by atoms with Crippen LogP contribution in [0.5, 0.6) is 5.88 Å². The maximum absolute atomic E-state index is 13.1. The molecule has 1 fully saturated rings. The van der Waals surface area contributed by atoms with Crippen molar-refractivity contribution < 1.29 is 19.1 Å². The van der Waals surface area contributed by atoms with Gasteiger partial charge in [-0.1, -0.05) is 13.3 Å². The van der Waals surface area contributed by atoms with Gasteiger partial charge < -0.3 is 24.6 Å². The van der Waals surface area contributed by atoms with Gasteiger partial charge in [-0.25, -0.2) is 4.98 Å². The van der Waals surface area contributed by atoms with E-state index >= 15 is 0 Å². The monoisotopic (exact) mass is 418 g/mol. The second-order valence-corrected chi connectivity index (χ2v) is 8.16. The Balaban J connectivity index is 1.77. The molecule has 0 radical (unpaired) electrons. The first kappa shape index (κ1) is 22.5. The number of amides is 2. The molecule has 2 bridgehead atoms. The second-order valence-electron chi connectivity index (χ2n) is 8.16. The molecule has 3 aliphatic rings. The van der Waals surface area contributed by atoms with Crippen LogP contribution in [0.3, 0.4) is 0 Å². The van der Waals surface area contributed by atoms with Gasteiger partial charge in [-0.3, -0.25) is 9.59 Å². The first-order chi connectivity index (χ1) is 14.6. The molecule has 30 heavy (non-hydrogen) atoms. The summed E-state index contributed by atoms with van der Waals surface area (Å²) in [6.07, 6.45) is 4.99. The Morgan fingerprint density at radius 3 is 2.73 bits per heavy atom. The SMILES string of the molecule is CCC[C@H]1NC(=O)c2cccnc2OCCOCCN(C)CC2CCN(CC2)C1=O. The minimum Gasteiger partial charge on any atom is -0.475 e. The average Bonchev–Trinajstić information content (AvgIpc) is 2.75. The average molecular weight is 419 g/mol. The summed E-state index contributed by atoms with van der Waals surface area (Å²) >= 11 is 0. The normalized spacial score (nSPS) is 25.1. The Bertz CT molecular complexity index is 706. The number of hydrogen-bond acceptors (Lipinski definition) is 6. The highest BCUT2D eigenvalue weighted by atomic mass is 16.5. The van der Waals surface area contributed by atoms with Crippen LogP contribution in [0.4, 0.5) is 0 Å². The molecular formula is C22H34N4O4. The number of likely N-dealkylation sites (N-methyl/N-ethyl adjacent to an activating group) is 1. The van der Waals surface area contributed by atoms with Crippen LogP contribution in [0.15, 0.2) is 18.3 Å². The summed E-state index contributed by atoms with van der Waals surface area (Å²) in [7, 11) is 2.11. The standard InChI is InChI=1S/C22H34N4O4/c1-3-5-19-22(28)26-10-7-17(8-11-26)16-25(2)12-13-29-14-15-30-21-18(20(27)24-19)6-4-9-23-21/h4,6,9,17,19H,3,5,7-8,10-16H2,1-2H3,(H,24,27)/t19-/m1/s1. The lowest BCUT2D eigenvalue weighted by molar-refractivity contribution is -0.134. The lowest BCUT2D eigenvalue weighted by atomic mass is 9.95. The number of fused-ring (bicyclic) bond motifs is 12. The Labute approximate surface area is 178 Å². The van der Waals surface area contributed by atoms with Crippen molar-refractivity contribution in [2.45, 2.75) is 38.6 Å². The van der Waals surface area contributed by atoms with E-state index in [1.807, 2.05) is 11.8 Å². The Morgan fingerprint density at radius 2 is 1.97 bits per heavy atom. The van der Waals surface area contributed by atoms with Crippen molar-refractivity contribution in [3.8, 4) is 5.88 Å². The molecule has 166 valence electrons. The molecule has 2 amide bonds. The molecule has 0 saturated carbocycles. The topological polar surface area (TPSA) is 84.0 Å². The molecule has 8 nitrogen and oxygen atoms in total. The molecule has 1 aromatic rings. The van der Waals surface area contributed by atoms with E-state index in [1.54, 1.807) is 18.3 Å². The fourth-order valence-electron chi connectivity index (χ4n) is 4.07. The van der Waals surface area contributed by atoms with Crippen molar-refractivity contribution in [2.75, 3.05) is 53.0 Å². The summed E-state index contributed by atoms with van der Waals surface area (Å²) in [4.78, 5) is 34.5. The Morgan fingerprint density at radius 1 is 1.17 bits per heavy atom. The van der Waals surface area contributed by atoms with E-state index in [9.17, 15) is 9.59 Å². The van der Waals surface area contributed by atoms with Gasteiger partial charge >= 0.3 is 0 Å². The predicted molar refractivity (Wildman–Crippen MR) is 114 cm³/mol. The van der Waals surface area contributed by atoms with E-state index in [-0.39, 0.29) is 17.7 Å². The minimum absolute atomic E-state index is 0.0119. The molecule has 0 unspecified atom stereocenters. The van der Waals surface area contributed by atoms with Gasteiger partial charge in [0, 0.05) is 32.4 Å².